The minimum Gasteiger partial charge on any atom is -0.330 e. The molecule has 4 heteroatoms. The lowest BCUT2D eigenvalue weighted by Gasteiger charge is -2.35. The minimum absolute atomic E-state index is 0.0848. The Labute approximate surface area is 111 Å². The highest BCUT2D eigenvalue weighted by atomic mass is 32.2. The molecule has 0 bridgehead atoms. The predicted molar refractivity (Wildman–Crippen MR) is 75.1 cm³/mol. The molecule has 2 aliphatic rings. The highest BCUT2D eigenvalue weighted by Crippen LogP contribution is 2.36. The standard InChI is InChI=1S/C14H27NO2S/c1-11-5-4-7-13(9-11)18(16,17)14-8-3-2-6-12(14)10-15/h11-14H,2-10,15H2,1H3. The fraction of sp³-hybridized carbons (Fsp3) is 1.00. The lowest BCUT2D eigenvalue weighted by molar-refractivity contribution is 0.344. The van der Waals surface area contributed by atoms with Crippen molar-refractivity contribution < 1.29 is 8.42 Å². The van der Waals surface area contributed by atoms with Crippen molar-refractivity contribution in [2.45, 2.75) is 68.8 Å². The molecule has 3 nitrogen and oxygen atoms in total. The van der Waals surface area contributed by atoms with Gasteiger partial charge in [-0.1, -0.05) is 32.6 Å². The average Bonchev–Trinajstić information content (AvgIpc) is 2.38. The van der Waals surface area contributed by atoms with Crippen LogP contribution in [0.25, 0.3) is 0 Å². The van der Waals surface area contributed by atoms with E-state index < -0.39 is 9.84 Å². The summed E-state index contributed by atoms with van der Waals surface area (Å²) in [6, 6.07) is 0. The number of hydrogen-bond donors (Lipinski definition) is 1. The zero-order valence-electron chi connectivity index (χ0n) is 11.5. The first kappa shape index (κ1) is 14.3. The highest BCUT2D eigenvalue weighted by molar-refractivity contribution is 7.92. The lowest BCUT2D eigenvalue weighted by atomic mass is 9.89. The molecule has 0 heterocycles. The van der Waals surface area contributed by atoms with Gasteiger partial charge >= 0.3 is 0 Å². The van der Waals surface area contributed by atoms with E-state index in [1.807, 2.05) is 0 Å². The molecule has 0 aromatic carbocycles. The molecule has 0 radical (unpaired) electrons. The van der Waals surface area contributed by atoms with Gasteiger partial charge in [0, 0.05) is 0 Å². The third kappa shape index (κ3) is 2.90. The second-order valence-corrected chi connectivity index (χ2v) is 8.75. The van der Waals surface area contributed by atoms with Gasteiger partial charge in [0.25, 0.3) is 0 Å². The van der Waals surface area contributed by atoms with Gasteiger partial charge in [-0.25, -0.2) is 8.42 Å². The maximum atomic E-state index is 12.8. The van der Waals surface area contributed by atoms with Crippen molar-refractivity contribution in [1.82, 2.24) is 0 Å². The molecule has 2 fully saturated rings. The van der Waals surface area contributed by atoms with E-state index in [1.165, 1.54) is 6.42 Å². The van der Waals surface area contributed by atoms with E-state index in [-0.39, 0.29) is 16.4 Å². The molecule has 18 heavy (non-hydrogen) atoms. The molecule has 0 saturated heterocycles. The molecule has 2 N–H and O–H groups in total. The molecular weight excluding hydrogens is 246 g/mol. The monoisotopic (exact) mass is 273 g/mol. The van der Waals surface area contributed by atoms with Crippen LogP contribution >= 0.6 is 0 Å². The van der Waals surface area contributed by atoms with E-state index in [0.29, 0.717) is 12.5 Å². The van der Waals surface area contributed by atoms with Crippen LogP contribution in [-0.2, 0) is 9.84 Å². The van der Waals surface area contributed by atoms with Gasteiger partial charge in [0.1, 0.15) is 0 Å². The Kier molecular flexibility index (Phi) is 4.70. The summed E-state index contributed by atoms with van der Waals surface area (Å²) in [6.07, 6.45) is 8.06. The molecule has 2 saturated carbocycles. The molecule has 0 amide bonds. The Morgan fingerprint density at radius 2 is 1.78 bits per heavy atom. The number of hydrogen-bond acceptors (Lipinski definition) is 3. The van der Waals surface area contributed by atoms with E-state index in [2.05, 4.69) is 6.92 Å². The molecule has 2 aliphatic carbocycles. The first-order valence-corrected chi connectivity index (χ1v) is 9.09. The third-order valence-corrected chi connectivity index (χ3v) is 7.74. The summed E-state index contributed by atoms with van der Waals surface area (Å²) < 4.78 is 25.6. The molecular formula is C14H27NO2S. The minimum atomic E-state index is -2.96. The maximum Gasteiger partial charge on any atom is 0.156 e. The van der Waals surface area contributed by atoms with Crippen molar-refractivity contribution in [3.8, 4) is 0 Å². The topological polar surface area (TPSA) is 60.2 Å². The van der Waals surface area contributed by atoms with Crippen molar-refractivity contribution in [1.29, 1.82) is 0 Å². The van der Waals surface area contributed by atoms with Gasteiger partial charge in [0.15, 0.2) is 9.84 Å². The summed E-state index contributed by atoms with van der Waals surface area (Å²) in [6.45, 7) is 2.72. The fourth-order valence-electron chi connectivity index (χ4n) is 3.80. The van der Waals surface area contributed by atoms with Gasteiger partial charge in [0.05, 0.1) is 10.5 Å². The van der Waals surface area contributed by atoms with Crippen molar-refractivity contribution in [3.63, 3.8) is 0 Å². The SMILES string of the molecule is CC1CCCC(S(=O)(=O)C2CCCCC2CN)C1. The number of nitrogens with two attached hydrogens (primary N) is 1. The Morgan fingerprint density at radius 3 is 2.44 bits per heavy atom. The molecule has 0 aromatic rings. The quantitative estimate of drug-likeness (QED) is 0.859. The van der Waals surface area contributed by atoms with Crippen LogP contribution < -0.4 is 5.73 Å². The normalized spacial score (nSPS) is 38.6. The van der Waals surface area contributed by atoms with Crippen LogP contribution in [0, 0.1) is 11.8 Å². The van der Waals surface area contributed by atoms with Crippen molar-refractivity contribution in [2.75, 3.05) is 6.54 Å². The Bertz CT molecular complexity index is 366. The fourth-order valence-corrected chi connectivity index (χ4v) is 6.67. The van der Waals surface area contributed by atoms with Crippen LogP contribution in [0.15, 0.2) is 0 Å². The van der Waals surface area contributed by atoms with Crippen LogP contribution in [0.2, 0.25) is 0 Å². The van der Waals surface area contributed by atoms with E-state index in [1.54, 1.807) is 0 Å². The number of rotatable bonds is 3. The first-order valence-electron chi connectivity index (χ1n) is 7.48. The second kappa shape index (κ2) is 5.91. The van der Waals surface area contributed by atoms with E-state index in [4.69, 9.17) is 5.73 Å². The molecule has 0 spiro atoms. The Balaban J connectivity index is 2.13. The summed E-state index contributed by atoms with van der Waals surface area (Å²) in [5.74, 6) is 0.777. The molecule has 0 aliphatic heterocycles. The van der Waals surface area contributed by atoms with E-state index >= 15 is 0 Å². The summed E-state index contributed by atoms with van der Waals surface area (Å²) >= 11 is 0. The summed E-state index contributed by atoms with van der Waals surface area (Å²) in [4.78, 5) is 0. The molecule has 4 atom stereocenters. The van der Waals surface area contributed by atoms with Crippen molar-refractivity contribution in [3.05, 3.63) is 0 Å². The summed E-state index contributed by atoms with van der Waals surface area (Å²) in [5.41, 5.74) is 5.78. The highest BCUT2D eigenvalue weighted by Gasteiger charge is 2.40. The Morgan fingerprint density at radius 1 is 1.06 bits per heavy atom. The Hall–Kier alpha value is -0.0900. The smallest absolute Gasteiger partial charge is 0.156 e. The summed E-state index contributed by atoms with van der Waals surface area (Å²) in [7, 11) is -2.96. The van der Waals surface area contributed by atoms with Crippen LogP contribution in [0.4, 0.5) is 0 Å². The third-order valence-electron chi connectivity index (χ3n) is 4.92. The molecule has 4 unspecified atom stereocenters. The van der Waals surface area contributed by atoms with E-state index in [0.717, 1.165) is 44.9 Å². The van der Waals surface area contributed by atoms with Gasteiger partial charge < -0.3 is 5.73 Å². The van der Waals surface area contributed by atoms with Gasteiger partial charge in [-0.3, -0.25) is 0 Å². The van der Waals surface area contributed by atoms with Crippen molar-refractivity contribution in [2.24, 2.45) is 17.6 Å². The van der Waals surface area contributed by atoms with Crippen molar-refractivity contribution >= 4 is 9.84 Å². The zero-order valence-corrected chi connectivity index (χ0v) is 12.3. The van der Waals surface area contributed by atoms with E-state index in [9.17, 15) is 8.42 Å². The predicted octanol–water partition coefficient (Wildman–Crippen LogP) is 2.50. The van der Waals surface area contributed by atoms with Gasteiger partial charge in [0.2, 0.25) is 0 Å². The summed E-state index contributed by atoms with van der Waals surface area (Å²) in [5, 5.41) is -0.232. The van der Waals surface area contributed by atoms with Crippen LogP contribution in [-0.4, -0.2) is 25.5 Å². The lowest BCUT2D eigenvalue weighted by Crippen LogP contribution is -2.43. The van der Waals surface area contributed by atoms with Crippen LogP contribution in [0.3, 0.4) is 0 Å². The van der Waals surface area contributed by atoms with Crippen LogP contribution in [0.5, 0.6) is 0 Å². The second-order valence-electron chi connectivity index (χ2n) is 6.30. The van der Waals surface area contributed by atoms with Gasteiger partial charge in [-0.05, 0) is 44.1 Å². The largest absolute Gasteiger partial charge is 0.330 e. The average molecular weight is 273 g/mol. The molecule has 0 aromatic heterocycles. The van der Waals surface area contributed by atoms with Gasteiger partial charge in [-0.2, -0.15) is 0 Å². The zero-order chi connectivity index (χ0) is 13.2. The molecule has 106 valence electrons. The van der Waals surface area contributed by atoms with Gasteiger partial charge in [-0.15, -0.1) is 0 Å². The molecule has 2 rings (SSSR count). The number of sulfone groups is 1. The maximum absolute atomic E-state index is 12.8. The van der Waals surface area contributed by atoms with Crippen LogP contribution in [0.1, 0.15) is 58.3 Å². The first-order chi connectivity index (χ1) is 8.55.